The van der Waals surface area contributed by atoms with Crippen LogP contribution in [0.15, 0.2) is 23.2 Å². The minimum atomic E-state index is 0. The average Bonchev–Trinajstić information content (AvgIpc) is 2.49. The molecule has 0 radical (unpaired) electrons. The normalized spacial score (nSPS) is 10.8. The van der Waals surface area contributed by atoms with E-state index in [1.54, 1.807) is 14.2 Å². The molecule has 0 aromatic heterocycles. The molecule has 0 saturated carbocycles. The van der Waals surface area contributed by atoms with Gasteiger partial charge in [0, 0.05) is 32.4 Å². The highest BCUT2D eigenvalue weighted by Gasteiger charge is 2.03. The Bertz CT molecular complexity index is 453. The van der Waals surface area contributed by atoms with Gasteiger partial charge in [-0.2, -0.15) is 0 Å². The van der Waals surface area contributed by atoms with Crippen molar-refractivity contribution in [2.45, 2.75) is 26.8 Å². The highest BCUT2D eigenvalue weighted by atomic mass is 127. The summed E-state index contributed by atoms with van der Waals surface area (Å²) in [6, 6.07) is 6.17. The molecule has 0 aliphatic heterocycles. The number of hydrogen-bond donors (Lipinski definition) is 2. The minimum Gasteiger partial charge on any atom is -0.496 e. The Balaban J connectivity index is 0.00000441. The zero-order valence-electron chi connectivity index (χ0n) is 13.9. The number of hydrogen-bond acceptors (Lipinski definition) is 3. The van der Waals surface area contributed by atoms with Crippen molar-refractivity contribution in [2.75, 3.05) is 33.9 Å². The summed E-state index contributed by atoms with van der Waals surface area (Å²) in [5, 5.41) is 6.53. The summed E-state index contributed by atoms with van der Waals surface area (Å²) < 4.78 is 10.4. The van der Waals surface area contributed by atoms with Gasteiger partial charge in [0.15, 0.2) is 5.96 Å². The summed E-state index contributed by atoms with van der Waals surface area (Å²) >= 11 is 0. The third-order valence-corrected chi connectivity index (χ3v) is 3.01. The first-order valence-corrected chi connectivity index (χ1v) is 7.35. The highest BCUT2D eigenvalue weighted by Crippen LogP contribution is 2.20. The second-order valence-electron chi connectivity index (χ2n) is 4.78. The maximum atomic E-state index is 5.40. The Morgan fingerprint density at radius 1 is 1.23 bits per heavy atom. The van der Waals surface area contributed by atoms with E-state index in [9.17, 15) is 0 Å². The van der Waals surface area contributed by atoms with E-state index in [4.69, 9.17) is 9.47 Å². The van der Waals surface area contributed by atoms with Crippen molar-refractivity contribution < 1.29 is 9.47 Å². The fourth-order valence-corrected chi connectivity index (χ4v) is 1.91. The number of aryl methyl sites for hydroxylation is 1. The number of aliphatic imine (C=N–C) groups is 1. The van der Waals surface area contributed by atoms with Crippen molar-refractivity contribution in [3.63, 3.8) is 0 Å². The van der Waals surface area contributed by atoms with Crippen LogP contribution in [0.3, 0.4) is 0 Å². The molecule has 1 rings (SSSR count). The molecule has 0 fully saturated rings. The van der Waals surface area contributed by atoms with Crippen LogP contribution < -0.4 is 15.4 Å². The fraction of sp³-hybridized carbons (Fsp3) is 0.562. The van der Waals surface area contributed by atoms with Crippen LogP contribution in [-0.2, 0) is 11.3 Å². The molecule has 0 bridgehead atoms. The molecule has 0 saturated heterocycles. The quantitative estimate of drug-likeness (QED) is 0.293. The van der Waals surface area contributed by atoms with E-state index in [1.165, 1.54) is 5.56 Å². The number of nitrogens with zero attached hydrogens (tertiary/aromatic N) is 1. The third-order valence-electron chi connectivity index (χ3n) is 3.01. The maximum Gasteiger partial charge on any atom is 0.191 e. The summed E-state index contributed by atoms with van der Waals surface area (Å²) in [5.41, 5.74) is 2.27. The first-order chi connectivity index (χ1) is 10.2. The molecule has 0 atom stereocenters. The number of benzene rings is 1. The van der Waals surface area contributed by atoms with E-state index in [1.807, 2.05) is 6.07 Å². The number of ether oxygens (including phenoxy) is 2. The average molecular weight is 421 g/mol. The lowest BCUT2D eigenvalue weighted by Gasteiger charge is -2.12. The van der Waals surface area contributed by atoms with E-state index in [-0.39, 0.29) is 24.0 Å². The summed E-state index contributed by atoms with van der Waals surface area (Å²) in [6.07, 6.45) is 0.953. The van der Waals surface area contributed by atoms with Gasteiger partial charge in [-0.3, -0.25) is 0 Å². The third kappa shape index (κ3) is 7.84. The summed E-state index contributed by atoms with van der Waals surface area (Å²) in [7, 11) is 3.40. The molecular formula is C16H28IN3O2. The second kappa shape index (κ2) is 12.5. The van der Waals surface area contributed by atoms with Gasteiger partial charge in [0.2, 0.25) is 0 Å². The van der Waals surface area contributed by atoms with Crippen LogP contribution in [0.1, 0.15) is 24.5 Å². The van der Waals surface area contributed by atoms with Gasteiger partial charge in [0.25, 0.3) is 0 Å². The lowest BCUT2D eigenvalue weighted by atomic mass is 10.1. The summed E-state index contributed by atoms with van der Waals surface area (Å²) in [5.74, 6) is 1.70. The van der Waals surface area contributed by atoms with Gasteiger partial charge >= 0.3 is 0 Å². The molecule has 5 nitrogen and oxygen atoms in total. The summed E-state index contributed by atoms with van der Waals surface area (Å²) in [6.45, 7) is 7.11. The zero-order valence-corrected chi connectivity index (χ0v) is 16.3. The number of rotatable bonds is 8. The van der Waals surface area contributed by atoms with Crippen LogP contribution in [0.2, 0.25) is 0 Å². The van der Waals surface area contributed by atoms with E-state index < -0.39 is 0 Å². The van der Waals surface area contributed by atoms with E-state index in [0.29, 0.717) is 6.54 Å². The molecule has 0 heterocycles. The van der Waals surface area contributed by atoms with Gasteiger partial charge in [0.1, 0.15) is 5.75 Å². The number of guanidine groups is 1. The van der Waals surface area contributed by atoms with E-state index in [2.05, 4.69) is 41.6 Å². The number of nitrogens with one attached hydrogen (secondary N) is 2. The maximum absolute atomic E-state index is 5.40. The SMILES string of the molecule is CCNC(=NCc1ccc(C)cc1OC)NCCCOC.I. The van der Waals surface area contributed by atoms with Crippen LogP contribution in [0, 0.1) is 6.92 Å². The Morgan fingerprint density at radius 3 is 2.64 bits per heavy atom. The molecule has 0 aliphatic carbocycles. The predicted octanol–water partition coefficient (Wildman–Crippen LogP) is 2.71. The first kappa shape index (κ1) is 21.0. The molecule has 6 heteroatoms. The molecule has 0 amide bonds. The van der Waals surface area contributed by atoms with Crippen molar-refractivity contribution in [2.24, 2.45) is 4.99 Å². The molecule has 1 aromatic rings. The largest absolute Gasteiger partial charge is 0.496 e. The molecule has 1 aromatic carbocycles. The van der Waals surface area contributed by atoms with Crippen molar-refractivity contribution in [1.82, 2.24) is 10.6 Å². The summed E-state index contributed by atoms with van der Waals surface area (Å²) in [4.78, 5) is 4.59. The molecule has 126 valence electrons. The van der Waals surface area contributed by atoms with Gasteiger partial charge in [0.05, 0.1) is 13.7 Å². The Morgan fingerprint density at radius 2 is 2.00 bits per heavy atom. The zero-order chi connectivity index (χ0) is 15.5. The molecule has 0 unspecified atom stereocenters. The monoisotopic (exact) mass is 421 g/mol. The van der Waals surface area contributed by atoms with Crippen molar-refractivity contribution >= 4 is 29.9 Å². The smallest absolute Gasteiger partial charge is 0.191 e. The molecular weight excluding hydrogens is 393 g/mol. The van der Waals surface area contributed by atoms with E-state index >= 15 is 0 Å². The van der Waals surface area contributed by atoms with Crippen molar-refractivity contribution in [1.29, 1.82) is 0 Å². The van der Waals surface area contributed by atoms with Gasteiger partial charge in [-0.15, -0.1) is 24.0 Å². The van der Waals surface area contributed by atoms with Crippen LogP contribution in [0.4, 0.5) is 0 Å². The Labute approximate surface area is 150 Å². The van der Waals surface area contributed by atoms with Gasteiger partial charge < -0.3 is 20.1 Å². The Hall–Kier alpha value is -1.02. The molecule has 0 spiro atoms. The van der Waals surface area contributed by atoms with Crippen LogP contribution in [-0.4, -0.2) is 39.9 Å². The van der Waals surface area contributed by atoms with Gasteiger partial charge in [-0.05, 0) is 31.9 Å². The predicted molar refractivity (Wildman–Crippen MR) is 102 cm³/mol. The Kier molecular flexibility index (Phi) is 11.9. The number of methoxy groups -OCH3 is 2. The van der Waals surface area contributed by atoms with Crippen molar-refractivity contribution in [3.8, 4) is 5.75 Å². The topological polar surface area (TPSA) is 54.9 Å². The standard InChI is InChI=1S/C16H27N3O2.HI/c1-5-17-16(18-9-6-10-20-3)19-12-14-8-7-13(2)11-15(14)21-4;/h7-8,11H,5-6,9-10,12H2,1-4H3,(H2,17,18,19);1H. The van der Waals surface area contributed by atoms with Crippen LogP contribution >= 0.6 is 24.0 Å². The lowest BCUT2D eigenvalue weighted by molar-refractivity contribution is 0.195. The second-order valence-corrected chi connectivity index (χ2v) is 4.78. The lowest BCUT2D eigenvalue weighted by Crippen LogP contribution is -2.38. The van der Waals surface area contributed by atoms with Crippen LogP contribution in [0.5, 0.6) is 5.75 Å². The molecule has 0 aliphatic rings. The van der Waals surface area contributed by atoms with Crippen molar-refractivity contribution in [3.05, 3.63) is 29.3 Å². The van der Waals surface area contributed by atoms with E-state index in [0.717, 1.165) is 43.4 Å². The molecule has 2 N–H and O–H groups in total. The fourth-order valence-electron chi connectivity index (χ4n) is 1.91. The first-order valence-electron chi connectivity index (χ1n) is 7.35. The molecule has 22 heavy (non-hydrogen) atoms. The number of halogens is 1. The van der Waals surface area contributed by atoms with Gasteiger partial charge in [-0.1, -0.05) is 12.1 Å². The minimum absolute atomic E-state index is 0. The van der Waals surface area contributed by atoms with Gasteiger partial charge in [-0.25, -0.2) is 4.99 Å². The van der Waals surface area contributed by atoms with Crippen LogP contribution in [0.25, 0.3) is 0 Å². The highest BCUT2D eigenvalue weighted by molar-refractivity contribution is 14.0.